The molecule has 1 atom stereocenters. The summed E-state index contributed by atoms with van der Waals surface area (Å²) >= 11 is 1.44. The molecule has 156 valence electrons. The Morgan fingerprint density at radius 2 is 2.03 bits per heavy atom. The van der Waals surface area contributed by atoms with E-state index in [0.717, 1.165) is 10.9 Å². The molecule has 2 N–H and O–H groups in total. The van der Waals surface area contributed by atoms with E-state index in [1.807, 2.05) is 17.5 Å². The molecular formula is C17H16F3N3O5S. The highest BCUT2D eigenvalue weighted by Gasteiger charge is 2.33. The van der Waals surface area contributed by atoms with E-state index in [1.54, 1.807) is 0 Å². The Hall–Kier alpha value is -3.15. The number of nitrogens with one attached hydrogen (secondary N) is 2. The van der Waals surface area contributed by atoms with E-state index in [-0.39, 0.29) is 12.2 Å². The van der Waals surface area contributed by atoms with Gasteiger partial charge in [-0.05, 0) is 30.5 Å². The lowest BCUT2D eigenvalue weighted by atomic mass is 10.1. The van der Waals surface area contributed by atoms with Gasteiger partial charge in [-0.1, -0.05) is 6.07 Å². The van der Waals surface area contributed by atoms with Crippen molar-refractivity contribution in [2.45, 2.75) is 25.7 Å². The maximum absolute atomic E-state index is 12.7. The van der Waals surface area contributed by atoms with Crippen molar-refractivity contribution in [1.29, 1.82) is 0 Å². The van der Waals surface area contributed by atoms with Gasteiger partial charge < -0.3 is 15.4 Å². The number of alkyl halides is 3. The van der Waals surface area contributed by atoms with Gasteiger partial charge in [-0.2, -0.15) is 13.2 Å². The molecule has 0 spiro atoms. The van der Waals surface area contributed by atoms with Crippen molar-refractivity contribution in [3.05, 3.63) is 56.3 Å². The quantitative estimate of drug-likeness (QED) is 0.377. The third-order valence-corrected chi connectivity index (χ3v) is 4.51. The summed E-state index contributed by atoms with van der Waals surface area (Å²) in [5, 5.41) is 17.9. The maximum Gasteiger partial charge on any atom is 0.416 e. The van der Waals surface area contributed by atoms with Crippen molar-refractivity contribution >= 4 is 34.6 Å². The lowest BCUT2D eigenvalue weighted by molar-refractivity contribution is -0.384. The van der Waals surface area contributed by atoms with Gasteiger partial charge in [0.1, 0.15) is 11.7 Å². The number of hydrogen-bond donors (Lipinski definition) is 2. The van der Waals surface area contributed by atoms with Crippen molar-refractivity contribution in [2.24, 2.45) is 0 Å². The van der Waals surface area contributed by atoms with E-state index in [2.05, 4.69) is 10.6 Å². The van der Waals surface area contributed by atoms with Crippen LogP contribution in [0.15, 0.2) is 35.7 Å². The van der Waals surface area contributed by atoms with Gasteiger partial charge >= 0.3 is 12.1 Å². The van der Waals surface area contributed by atoms with Crippen LogP contribution in [0.25, 0.3) is 0 Å². The summed E-state index contributed by atoms with van der Waals surface area (Å²) in [4.78, 5) is 34.7. The molecule has 1 heterocycles. The van der Waals surface area contributed by atoms with E-state index in [9.17, 15) is 32.9 Å². The number of anilines is 1. The Morgan fingerprint density at radius 1 is 1.31 bits per heavy atom. The molecule has 12 heteroatoms. The van der Waals surface area contributed by atoms with Crippen LogP contribution in [0.4, 0.5) is 24.5 Å². The lowest BCUT2D eigenvalue weighted by Gasteiger charge is -2.15. The van der Waals surface area contributed by atoms with Gasteiger partial charge in [0, 0.05) is 10.9 Å². The van der Waals surface area contributed by atoms with E-state index in [0.29, 0.717) is 12.1 Å². The number of amides is 1. The topological polar surface area (TPSA) is 111 Å². The smallest absolute Gasteiger partial charge is 0.416 e. The molecule has 1 aromatic heterocycles. The van der Waals surface area contributed by atoms with Crippen LogP contribution in [0.1, 0.15) is 17.4 Å². The van der Waals surface area contributed by atoms with E-state index in [1.165, 1.54) is 18.3 Å². The van der Waals surface area contributed by atoms with Crippen LogP contribution >= 0.6 is 11.3 Å². The first-order chi connectivity index (χ1) is 13.6. The number of ether oxygens (including phenoxy) is 1. The molecule has 1 amide bonds. The molecule has 2 rings (SSSR count). The average Bonchev–Trinajstić information content (AvgIpc) is 3.17. The second kappa shape index (κ2) is 9.37. The second-order valence-corrected chi connectivity index (χ2v) is 6.85. The number of carbonyl (C=O) groups is 2. The fraction of sp³-hybridized carbons (Fsp3) is 0.294. The van der Waals surface area contributed by atoms with Crippen LogP contribution in [0.2, 0.25) is 0 Å². The molecule has 0 fully saturated rings. The van der Waals surface area contributed by atoms with E-state index >= 15 is 0 Å². The molecular weight excluding hydrogens is 415 g/mol. The molecule has 2 aromatic rings. The van der Waals surface area contributed by atoms with Crippen molar-refractivity contribution in [3.8, 4) is 0 Å². The minimum atomic E-state index is -4.75. The molecule has 0 saturated carbocycles. The van der Waals surface area contributed by atoms with Crippen molar-refractivity contribution in [2.75, 3.05) is 11.9 Å². The number of nitro benzene ring substituents is 1. The van der Waals surface area contributed by atoms with Gasteiger partial charge in [0.05, 0.1) is 17.0 Å². The molecule has 0 aliphatic rings. The van der Waals surface area contributed by atoms with Gasteiger partial charge in [-0.25, -0.2) is 4.79 Å². The SMILES string of the molecule is CC(Nc1ccc(C(F)(F)F)cc1[N+](=O)[O-])C(=O)OCC(=O)NCc1cccs1. The predicted molar refractivity (Wildman–Crippen MR) is 98.3 cm³/mol. The molecule has 29 heavy (non-hydrogen) atoms. The molecule has 0 bridgehead atoms. The third kappa shape index (κ3) is 6.45. The number of hydrogen-bond acceptors (Lipinski definition) is 7. The molecule has 0 aliphatic heterocycles. The van der Waals surface area contributed by atoms with Gasteiger partial charge in [0.2, 0.25) is 0 Å². The molecule has 8 nitrogen and oxygen atoms in total. The number of thiophene rings is 1. The molecule has 0 saturated heterocycles. The minimum absolute atomic E-state index is 0.277. The van der Waals surface area contributed by atoms with E-state index < -0.39 is 46.9 Å². The number of rotatable bonds is 8. The summed E-state index contributed by atoms with van der Waals surface area (Å²) in [6.07, 6.45) is -4.75. The Balaban J connectivity index is 1.93. The fourth-order valence-corrected chi connectivity index (χ4v) is 2.83. The Labute approximate surface area is 166 Å². The molecule has 1 aromatic carbocycles. The molecule has 1 unspecified atom stereocenters. The summed E-state index contributed by atoms with van der Waals surface area (Å²) < 4.78 is 43.0. The van der Waals surface area contributed by atoms with Gasteiger partial charge in [-0.3, -0.25) is 14.9 Å². The van der Waals surface area contributed by atoms with Crippen molar-refractivity contribution in [1.82, 2.24) is 5.32 Å². The number of halogens is 3. The first-order valence-corrected chi connectivity index (χ1v) is 9.03. The third-order valence-electron chi connectivity index (χ3n) is 3.63. The fourth-order valence-electron chi connectivity index (χ4n) is 2.18. The highest BCUT2D eigenvalue weighted by Crippen LogP contribution is 2.35. The summed E-state index contributed by atoms with van der Waals surface area (Å²) in [5.74, 6) is -1.44. The Morgan fingerprint density at radius 3 is 2.62 bits per heavy atom. The van der Waals surface area contributed by atoms with Gasteiger partial charge in [0.15, 0.2) is 6.61 Å². The van der Waals surface area contributed by atoms with Gasteiger partial charge in [-0.15, -0.1) is 11.3 Å². The monoisotopic (exact) mass is 431 g/mol. The molecule has 0 radical (unpaired) electrons. The summed E-state index contributed by atoms with van der Waals surface area (Å²) in [6, 6.07) is 4.39. The highest BCUT2D eigenvalue weighted by atomic mass is 32.1. The first-order valence-electron chi connectivity index (χ1n) is 8.16. The van der Waals surface area contributed by atoms with Crippen molar-refractivity contribution in [3.63, 3.8) is 0 Å². The average molecular weight is 431 g/mol. The zero-order chi connectivity index (χ0) is 21.6. The second-order valence-electron chi connectivity index (χ2n) is 5.82. The predicted octanol–water partition coefficient (Wildman–Crippen LogP) is 3.34. The first kappa shape index (κ1) is 22.1. The van der Waals surface area contributed by atoms with Gasteiger partial charge in [0.25, 0.3) is 11.6 Å². The van der Waals surface area contributed by atoms with Crippen molar-refractivity contribution < 1.29 is 32.4 Å². The summed E-state index contributed by atoms with van der Waals surface area (Å²) in [5.41, 5.74) is -2.31. The Bertz CT molecular complexity index is 887. The zero-order valence-electron chi connectivity index (χ0n) is 15.0. The highest BCUT2D eigenvalue weighted by molar-refractivity contribution is 7.09. The van der Waals surface area contributed by atoms with Crippen LogP contribution in [-0.4, -0.2) is 29.4 Å². The maximum atomic E-state index is 12.7. The van der Waals surface area contributed by atoms with Crippen LogP contribution in [-0.2, 0) is 27.0 Å². The van der Waals surface area contributed by atoms with Crippen LogP contribution in [0.5, 0.6) is 0 Å². The minimum Gasteiger partial charge on any atom is -0.454 e. The standard InChI is InChI=1S/C17H16F3N3O5S/c1-10(16(25)28-9-15(24)21-8-12-3-2-6-29-12)22-13-5-4-11(17(18,19)20)7-14(13)23(26)27/h2-7,10,22H,8-9H2,1H3,(H,21,24). The normalized spacial score (nSPS) is 12.1. The number of carbonyl (C=O) groups excluding carboxylic acids is 2. The number of nitrogens with zero attached hydrogens (tertiary/aromatic N) is 1. The van der Waals surface area contributed by atoms with Crippen LogP contribution in [0, 0.1) is 10.1 Å². The van der Waals surface area contributed by atoms with Crippen LogP contribution < -0.4 is 10.6 Å². The summed E-state index contributed by atoms with van der Waals surface area (Å²) in [6.45, 7) is 1.01. The van der Waals surface area contributed by atoms with Crippen LogP contribution in [0.3, 0.4) is 0 Å². The summed E-state index contributed by atoms with van der Waals surface area (Å²) in [7, 11) is 0. The lowest BCUT2D eigenvalue weighted by Crippen LogP contribution is -2.33. The number of nitro groups is 1. The van der Waals surface area contributed by atoms with E-state index in [4.69, 9.17) is 4.74 Å². The zero-order valence-corrected chi connectivity index (χ0v) is 15.8. The number of benzene rings is 1. The largest absolute Gasteiger partial charge is 0.454 e. The Kier molecular flexibility index (Phi) is 7.15. The number of esters is 1. The molecule has 0 aliphatic carbocycles.